The van der Waals surface area contributed by atoms with Gasteiger partial charge in [-0.1, -0.05) is 12.8 Å². The van der Waals surface area contributed by atoms with Crippen LogP contribution in [0.3, 0.4) is 0 Å². The van der Waals surface area contributed by atoms with Gasteiger partial charge in [-0.25, -0.2) is 0 Å². The van der Waals surface area contributed by atoms with Crippen molar-refractivity contribution in [3.8, 4) is 0 Å². The molecule has 6 heteroatoms. The Kier molecular flexibility index (Phi) is 12.6. The predicted octanol–water partition coefficient (Wildman–Crippen LogP) is 2.17. The Labute approximate surface area is 132 Å². The number of aliphatic imine (C=N–C) groups is 1. The zero-order valence-corrected chi connectivity index (χ0v) is 14.4. The summed E-state index contributed by atoms with van der Waals surface area (Å²) in [5, 5.41) is 0. The second-order valence-electron chi connectivity index (χ2n) is 4.25. The topological polar surface area (TPSA) is 50.8 Å². The molecule has 0 aromatic carbocycles. The maximum atomic E-state index is 5.93. The Bertz CT molecular complexity index is 223. The summed E-state index contributed by atoms with van der Waals surface area (Å²) in [4.78, 5) is 6.53. The number of ether oxygens (including phenoxy) is 1. The quantitative estimate of drug-likeness (QED) is 0.315. The summed E-state index contributed by atoms with van der Waals surface area (Å²) in [6.07, 6.45) is 7.21. The summed E-state index contributed by atoms with van der Waals surface area (Å²) in [5.41, 5.74) is 5.93. The molecule has 0 aromatic rings. The van der Waals surface area contributed by atoms with Crippen molar-refractivity contribution < 1.29 is 4.74 Å². The lowest BCUT2D eigenvalue weighted by Crippen LogP contribution is -2.44. The lowest BCUT2D eigenvalue weighted by molar-refractivity contribution is 0.0674. The van der Waals surface area contributed by atoms with Gasteiger partial charge in [-0.2, -0.15) is 11.8 Å². The molecule has 108 valence electrons. The van der Waals surface area contributed by atoms with Crippen molar-refractivity contribution in [1.29, 1.82) is 0 Å². The lowest BCUT2D eigenvalue weighted by atomic mass is 10.2. The first-order valence-electron chi connectivity index (χ1n) is 6.46. The molecule has 18 heavy (non-hydrogen) atoms. The number of unbranched alkanes of at least 4 members (excludes halogenated alkanes) is 3. The van der Waals surface area contributed by atoms with Crippen LogP contribution in [0, 0.1) is 0 Å². The van der Waals surface area contributed by atoms with Crippen molar-refractivity contribution in [2.75, 3.05) is 44.9 Å². The molecule has 0 spiro atoms. The molecule has 4 nitrogen and oxygen atoms in total. The molecule has 1 heterocycles. The fraction of sp³-hybridized carbons (Fsp3) is 0.917. The largest absolute Gasteiger partial charge is 0.378 e. The van der Waals surface area contributed by atoms with E-state index in [1.54, 1.807) is 0 Å². The molecule has 0 aromatic heterocycles. The Balaban J connectivity index is 0.00000289. The van der Waals surface area contributed by atoms with Gasteiger partial charge in [0.2, 0.25) is 0 Å². The fourth-order valence-corrected chi connectivity index (χ4v) is 2.29. The highest BCUT2D eigenvalue weighted by molar-refractivity contribution is 14.0. The molecular formula is C12H26IN3OS. The Morgan fingerprint density at radius 1 is 1.22 bits per heavy atom. The lowest BCUT2D eigenvalue weighted by Gasteiger charge is -2.27. The molecule has 1 aliphatic heterocycles. The average molecular weight is 387 g/mol. The molecule has 0 amide bonds. The number of morpholine rings is 1. The van der Waals surface area contributed by atoms with E-state index in [0.29, 0.717) is 5.96 Å². The maximum absolute atomic E-state index is 5.93. The van der Waals surface area contributed by atoms with Gasteiger partial charge in [-0.05, 0) is 24.9 Å². The summed E-state index contributed by atoms with van der Waals surface area (Å²) in [5.74, 6) is 1.97. The average Bonchev–Trinajstić information content (AvgIpc) is 2.38. The number of hydrogen-bond donors (Lipinski definition) is 1. The van der Waals surface area contributed by atoms with Crippen molar-refractivity contribution in [1.82, 2.24) is 4.90 Å². The van der Waals surface area contributed by atoms with Gasteiger partial charge in [-0.3, -0.25) is 4.99 Å². The van der Waals surface area contributed by atoms with Crippen LogP contribution < -0.4 is 5.73 Å². The van der Waals surface area contributed by atoms with Gasteiger partial charge in [0.25, 0.3) is 0 Å². The minimum Gasteiger partial charge on any atom is -0.378 e. The highest BCUT2D eigenvalue weighted by Crippen LogP contribution is 2.04. The number of nitrogens with two attached hydrogens (primary N) is 1. The van der Waals surface area contributed by atoms with Crippen LogP contribution in [0.5, 0.6) is 0 Å². The van der Waals surface area contributed by atoms with Gasteiger partial charge in [0.05, 0.1) is 13.2 Å². The maximum Gasteiger partial charge on any atom is 0.191 e. The van der Waals surface area contributed by atoms with Crippen molar-refractivity contribution in [2.45, 2.75) is 25.7 Å². The van der Waals surface area contributed by atoms with Crippen LogP contribution in [0.1, 0.15) is 25.7 Å². The number of thioether (sulfide) groups is 1. The Morgan fingerprint density at radius 3 is 2.56 bits per heavy atom. The molecule has 1 aliphatic rings. The molecule has 0 unspecified atom stereocenters. The van der Waals surface area contributed by atoms with Gasteiger partial charge in [-0.15, -0.1) is 24.0 Å². The molecule has 2 N–H and O–H groups in total. The van der Waals surface area contributed by atoms with E-state index in [1.165, 1.54) is 25.0 Å². The van der Waals surface area contributed by atoms with Crippen molar-refractivity contribution >= 4 is 41.7 Å². The molecule has 0 radical (unpaired) electrons. The smallest absolute Gasteiger partial charge is 0.191 e. The van der Waals surface area contributed by atoms with E-state index in [1.807, 2.05) is 11.8 Å². The number of nitrogens with zero attached hydrogens (tertiary/aromatic N) is 2. The summed E-state index contributed by atoms with van der Waals surface area (Å²) in [6, 6.07) is 0. The van der Waals surface area contributed by atoms with Crippen molar-refractivity contribution in [3.63, 3.8) is 0 Å². The highest BCUT2D eigenvalue weighted by Gasteiger charge is 2.11. The van der Waals surface area contributed by atoms with Crippen LogP contribution >= 0.6 is 35.7 Å². The van der Waals surface area contributed by atoms with Crippen LogP contribution in [0.15, 0.2) is 4.99 Å². The van der Waals surface area contributed by atoms with E-state index in [0.717, 1.165) is 39.3 Å². The van der Waals surface area contributed by atoms with Crippen LogP contribution in [-0.2, 0) is 4.74 Å². The third kappa shape index (κ3) is 8.42. The second-order valence-corrected chi connectivity index (χ2v) is 5.23. The molecule has 0 saturated carbocycles. The first kappa shape index (κ1) is 18.3. The van der Waals surface area contributed by atoms with E-state index >= 15 is 0 Å². The predicted molar refractivity (Wildman–Crippen MR) is 91.1 cm³/mol. The third-order valence-electron chi connectivity index (χ3n) is 2.87. The standard InChI is InChI=1S/C12H25N3OS.HI/c1-17-11-5-3-2-4-6-14-12(13)15-7-9-16-10-8-15;/h2-11H2,1H3,(H2,13,14);1H. The van der Waals surface area contributed by atoms with Crippen molar-refractivity contribution in [3.05, 3.63) is 0 Å². The summed E-state index contributed by atoms with van der Waals surface area (Å²) >= 11 is 1.92. The van der Waals surface area contributed by atoms with Gasteiger partial charge in [0, 0.05) is 19.6 Å². The van der Waals surface area contributed by atoms with E-state index in [4.69, 9.17) is 10.5 Å². The number of guanidine groups is 1. The molecule has 0 aliphatic carbocycles. The van der Waals surface area contributed by atoms with E-state index < -0.39 is 0 Å². The van der Waals surface area contributed by atoms with Gasteiger partial charge < -0.3 is 15.4 Å². The normalized spacial score (nSPS) is 16.5. The number of halogens is 1. The minimum atomic E-state index is 0. The third-order valence-corrected chi connectivity index (χ3v) is 3.56. The van der Waals surface area contributed by atoms with Gasteiger partial charge >= 0.3 is 0 Å². The summed E-state index contributed by atoms with van der Waals surface area (Å²) in [7, 11) is 0. The minimum absolute atomic E-state index is 0. The molecular weight excluding hydrogens is 361 g/mol. The first-order chi connectivity index (χ1) is 8.34. The van der Waals surface area contributed by atoms with Crippen LogP contribution in [-0.4, -0.2) is 55.7 Å². The van der Waals surface area contributed by atoms with E-state index in [9.17, 15) is 0 Å². The van der Waals surface area contributed by atoms with Crippen LogP contribution in [0.25, 0.3) is 0 Å². The van der Waals surface area contributed by atoms with Crippen LogP contribution in [0.4, 0.5) is 0 Å². The molecule has 1 fully saturated rings. The first-order valence-corrected chi connectivity index (χ1v) is 7.85. The van der Waals surface area contributed by atoms with Crippen molar-refractivity contribution in [2.24, 2.45) is 10.7 Å². The SMILES string of the molecule is CSCCCCCCN=C(N)N1CCOCC1.I. The van der Waals surface area contributed by atoms with E-state index in [-0.39, 0.29) is 24.0 Å². The van der Waals surface area contributed by atoms with Gasteiger partial charge in [0.15, 0.2) is 5.96 Å². The van der Waals surface area contributed by atoms with E-state index in [2.05, 4.69) is 16.1 Å². The molecule has 0 bridgehead atoms. The van der Waals surface area contributed by atoms with Gasteiger partial charge in [0.1, 0.15) is 0 Å². The monoisotopic (exact) mass is 387 g/mol. The number of hydrogen-bond acceptors (Lipinski definition) is 3. The fourth-order valence-electron chi connectivity index (χ4n) is 1.80. The zero-order chi connectivity index (χ0) is 12.3. The van der Waals surface area contributed by atoms with Crippen LogP contribution in [0.2, 0.25) is 0 Å². The Hall–Kier alpha value is 0.310. The second kappa shape index (κ2) is 12.3. The summed E-state index contributed by atoms with van der Waals surface area (Å²) in [6.45, 7) is 4.16. The Morgan fingerprint density at radius 2 is 1.89 bits per heavy atom. The molecule has 1 saturated heterocycles. The molecule has 0 atom stereocenters. The number of rotatable bonds is 7. The highest BCUT2D eigenvalue weighted by atomic mass is 127. The zero-order valence-electron chi connectivity index (χ0n) is 11.3. The summed E-state index contributed by atoms with van der Waals surface area (Å²) < 4.78 is 5.28. The molecule has 1 rings (SSSR count).